The summed E-state index contributed by atoms with van der Waals surface area (Å²) in [6.45, 7) is 2.11. The van der Waals surface area contributed by atoms with E-state index in [4.69, 9.17) is 5.84 Å². The number of hydrogen-bond acceptors (Lipinski definition) is 4. The fourth-order valence-electron chi connectivity index (χ4n) is 1.71. The molecule has 2 aromatic heterocycles. The number of hydrogen-bond donors (Lipinski definition) is 2. The van der Waals surface area contributed by atoms with Gasteiger partial charge in [0.05, 0.1) is 6.04 Å². The molecule has 0 aliphatic rings. The van der Waals surface area contributed by atoms with Gasteiger partial charge in [0, 0.05) is 18.3 Å². The number of pyridine rings is 1. The molecule has 0 bridgehead atoms. The Morgan fingerprint density at radius 2 is 2.31 bits per heavy atom. The third kappa shape index (κ3) is 2.47. The summed E-state index contributed by atoms with van der Waals surface area (Å²) in [5, 5.41) is 4.28. The van der Waals surface area contributed by atoms with Crippen LogP contribution >= 0.6 is 11.3 Å². The van der Waals surface area contributed by atoms with Crippen molar-refractivity contribution in [2.75, 3.05) is 0 Å². The Hall–Kier alpha value is -1.23. The highest BCUT2D eigenvalue weighted by atomic mass is 32.1. The number of thiophene rings is 1. The highest BCUT2D eigenvalue weighted by Crippen LogP contribution is 2.23. The van der Waals surface area contributed by atoms with Gasteiger partial charge in [-0.25, -0.2) is 0 Å². The van der Waals surface area contributed by atoms with E-state index in [-0.39, 0.29) is 6.04 Å². The summed E-state index contributed by atoms with van der Waals surface area (Å²) in [5.41, 5.74) is 6.46. The van der Waals surface area contributed by atoms with Crippen LogP contribution in [0.5, 0.6) is 0 Å². The van der Waals surface area contributed by atoms with E-state index in [0.717, 1.165) is 12.1 Å². The predicted molar refractivity (Wildman–Crippen MR) is 67.1 cm³/mol. The Morgan fingerprint density at radius 3 is 2.88 bits per heavy atom. The van der Waals surface area contributed by atoms with Crippen LogP contribution in [-0.2, 0) is 6.42 Å². The summed E-state index contributed by atoms with van der Waals surface area (Å²) in [6, 6.07) is 6.08. The number of aryl methyl sites for hydroxylation is 1. The van der Waals surface area contributed by atoms with Crippen LogP contribution in [0.1, 0.15) is 22.9 Å². The van der Waals surface area contributed by atoms with Crippen LogP contribution in [0, 0.1) is 6.92 Å². The Morgan fingerprint density at radius 1 is 1.44 bits per heavy atom. The summed E-state index contributed by atoms with van der Waals surface area (Å²) in [7, 11) is 0. The highest BCUT2D eigenvalue weighted by Gasteiger charge is 2.13. The molecule has 0 aliphatic carbocycles. The second-order valence-corrected chi connectivity index (χ2v) is 4.50. The Labute approximate surface area is 99.3 Å². The molecule has 2 rings (SSSR count). The summed E-state index contributed by atoms with van der Waals surface area (Å²) >= 11 is 1.70. The molecule has 3 nitrogen and oxygen atoms in total. The van der Waals surface area contributed by atoms with Gasteiger partial charge in [-0.1, -0.05) is 6.07 Å². The minimum absolute atomic E-state index is 0.140. The first-order valence-corrected chi connectivity index (χ1v) is 6.14. The lowest BCUT2D eigenvalue weighted by molar-refractivity contribution is 0.545. The summed E-state index contributed by atoms with van der Waals surface area (Å²) in [6.07, 6.45) is 2.62. The average Bonchev–Trinajstić information content (AvgIpc) is 2.74. The van der Waals surface area contributed by atoms with Crippen LogP contribution in [0.2, 0.25) is 0 Å². The fraction of sp³-hybridized carbons (Fsp3) is 0.250. The molecule has 4 heteroatoms. The molecule has 0 spiro atoms. The lowest BCUT2D eigenvalue weighted by atomic mass is 10.0. The van der Waals surface area contributed by atoms with E-state index in [1.807, 2.05) is 24.4 Å². The maximum absolute atomic E-state index is 5.61. The maximum atomic E-state index is 5.61. The van der Waals surface area contributed by atoms with Crippen LogP contribution in [0.15, 0.2) is 35.2 Å². The van der Waals surface area contributed by atoms with Crippen molar-refractivity contribution < 1.29 is 0 Å². The molecule has 2 aromatic rings. The van der Waals surface area contributed by atoms with Gasteiger partial charge in [0.1, 0.15) is 0 Å². The molecule has 16 heavy (non-hydrogen) atoms. The van der Waals surface area contributed by atoms with E-state index in [9.17, 15) is 0 Å². The van der Waals surface area contributed by atoms with Crippen LogP contribution in [0.4, 0.5) is 0 Å². The third-order valence-corrected chi connectivity index (χ3v) is 3.49. The predicted octanol–water partition coefficient (Wildman–Crippen LogP) is 2.20. The highest BCUT2D eigenvalue weighted by molar-refractivity contribution is 7.08. The smallest absolute Gasteiger partial charge is 0.0526 e. The number of aromatic nitrogens is 1. The van der Waals surface area contributed by atoms with Crippen molar-refractivity contribution in [2.24, 2.45) is 5.84 Å². The zero-order valence-corrected chi connectivity index (χ0v) is 10.00. The number of nitrogens with two attached hydrogens (primary N) is 1. The van der Waals surface area contributed by atoms with Crippen molar-refractivity contribution in [3.8, 4) is 0 Å². The lowest BCUT2D eigenvalue weighted by Gasteiger charge is -2.15. The molecule has 0 saturated heterocycles. The van der Waals surface area contributed by atoms with Crippen molar-refractivity contribution in [3.63, 3.8) is 0 Å². The topological polar surface area (TPSA) is 50.9 Å². The lowest BCUT2D eigenvalue weighted by Crippen LogP contribution is -2.29. The first kappa shape index (κ1) is 11.3. The van der Waals surface area contributed by atoms with Crippen molar-refractivity contribution in [2.45, 2.75) is 19.4 Å². The van der Waals surface area contributed by atoms with Crippen molar-refractivity contribution in [1.29, 1.82) is 0 Å². The van der Waals surface area contributed by atoms with Crippen molar-refractivity contribution in [1.82, 2.24) is 10.4 Å². The third-order valence-electron chi connectivity index (χ3n) is 2.61. The Kier molecular flexibility index (Phi) is 3.66. The van der Waals surface area contributed by atoms with Gasteiger partial charge in [-0.2, -0.15) is 11.3 Å². The van der Waals surface area contributed by atoms with Crippen LogP contribution < -0.4 is 11.3 Å². The molecule has 84 valence electrons. The van der Waals surface area contributed by atoms with Crippen LogP contribution in [0.3, 0.4) is 0 Å². The maximum Gasteiger partial charge on any atom is 0.0526 e. The quantitative estimate of drug-likeness (QED) is 0.629. The fourth-order valence-corrected chi connectivity index (χ4v) is 2.62. The molecule has 0 aliphatic heterocycles. The van der Waals surface area contributed by atoms with Crippen LogP contribution in [0.25, 0.3) is 0 Å². The normalized spacial score (nSPS) is 12.6. The Bertz CT molecular complexity index is 439. The Balaban J connectivity index is 2.16. The molecule has 1 unspecified atom stereocenters. The molecule has 0 aromatic carbocycles. The molecular formula is C12H15N3S. The first-order chi connectivity index (χ1) is 7.81. The molecule has 0 amide bonds. The van der Waals surface area contributed by atoms with Gasteiger partial charge < -0.3 is 0 Å². The number of nitrogens with zero attached hydrogens (tertiary/aromatic N) is 1. The molecule has 0 fully saturated rings. The second-order valence-electron chi connectivity index (χ2n) is 3.75. The van der Waals surface area contributed by atoms with Gasteiger partial charge in [-0.15, -0.1) is 0 Å². The van der Waals surface area contributed by atoms with Gasteiger partial charge in [-0.3, -0.25) is 16.3 Å². The van der Waals surface area contributed by atoms with Gasteiger partial charge in [0.2, 0.25) is 0 Å². The number of rotatable bonds is 4. The zero-order valence-electron chi connectivity index (χ0n) is 9.18. The monoisotopic (exact) mass is 233 g/mol. The summed E-state index contributed by atoms with van der Waals surface area (Å²) in [4.78, 5) is 4.31. The molecule has 3 N–H and O–H groups in total. The van der Waals surface area contributed by atoms with E-state index in [1.165, 1.54) is 11.1 Å². The van der Waals surface area contributed by atoms with E-state index in [2.05, 4.69) is 28.1 Å². The van der Waals surface area contributed by atoms with E-state index < -0.39 is 0 Å². The molecule has 2 heterocycles. The summed E-state index contributed by atoms with van der Waals surface area (Å²) < 4.78 is 0. The standard InChI is InChI=1S/C12H15N3S/c1-9-7-16-8-11(9)12(15-13)6-10-4-2-3-5-14-10/h2-5,7-8,12,15H,6,13H2,1H3. The zero-order chi connectivity index (χ0) is 11.4. The largest absolute Gasteiger partial charge is 0.271 e. The van der Waals surface area contributed by atoms with Crippen molar-refractivity contribution >= 4 is 11.3 Å². The first-order valence-electron chi connectivity index (χ1n) is 5.20. The molecule has 0 saturated carbocycles. The SMILES string of the molecule is Cc1cscc1C(Cc1ccccn1)NN. The van der Waals surface area contributed by atoms with E-state index in [1.54, 1.807) is 11.3 Å². The van der Waals surface area contributed by atoms with E-state index in [0.29, 0.717) is 0 Å². The number of hydrazine groups is 1. The minimum atomic E-state index is 0.140. The van der Waals surface area contributed by atoms with Crippen molar-refractivity contribution in [3.05, 3.63) is 52.0 Å². The second kappa shape index (κ2) is 5.21. The van der Waals surface area contributed by atoms with E-state index >= 15 is 0 Å². The van der Waals surface area contributed by atoms with Gasteiger partial charge in [-0.05, 0) is 40.9 Å². The van der Waals surface area contributed by atoms with Gasteiger partial charge in [0.15, 0.2) is 0 Å². The van der Waals surface area contributed by atoms with Crippen LogP contribution in [-0.4, -0.2) is 4.98 Å². The molecule has 0 radical (unpaired) electrons. The molecular weight excluding hydrogens is 218 g/mol. The minimum Gasteiger partial charge on any atom is -0.271 e. The molecule has 1 atom stereocenters. The average molecular weight is 233 g/mol. The van der Waals surface area contributed by atoms with Gasteiger partial charge in [0.25, 0.3) is 0 Å². The van der Waals surface area contributed by atoms with Gasteiger partial charge >= 0.3 is 0 Å². The number of nitrogens with one attached hydrogen (secondary N) is 1. The summed E-state index contributed by atoms with van der Waals surface area (Å²) in [5.74, 6) is 5.61.